The van der Waals surface area contributed by atoms with Crippen LogP contribution < -0.4 is 5.32 Å². The number of nitrogens with zero attached hydrogens (tertiary/aromatic N) is 1. The fourth-order valence-corrected chi connectivity index (χ4v) is 4.01. The molecule has 0 radical (unpaired) electrons. The zero-order chi connectivity index (χ0) is 19.2. The summed E-state index contributed by atoms with van der Waals surface area (Å²) in [4.78, 5) is 38.9. The standard InChI is InChI=1S/C21H28N2O4/c1-2-27-21(26)15-8-7-9-17(12-15)22-20(25)16-13-19(24)23(14-16)18-10-5-3-4-6-11-18/h7-9,12,16,18H,2-6,10-11,13-14H2,1H3,(H,22,25)/t16-/m0/s1. The van der Waals surface area contributed by atoms with Gasteiger partial charge in [-0.3, -0.25) is 9.59 Å². The number of rotatable bonds is 5. The van der Waals surface area contributed by atoms with Crippen molar-refractivity contribution in [1.82, 2.24) is 4.90 Å². The maximum absolute atomic E-state index is 12.7. The lowest BCUT2D eigenvalue weighted by molar-refractivity contribution is -0.130. The van der Waals surface area contributed by atoms with E-state index in [9.17, 15) is 14.4 Å². The van der Waals surface area contributed by atoms with Crippen molar-refractivity contribution >= 4 is 23.5 Å². The Hall–Kier alpha value is -2.37. The van der Waals surface area contributed by atoms with Crippen LogP contribution in [0.3, 0.4) is 0 Å². The van der Waals surface area contributed by atoms with Crippen LogP contribution in [-0.4, -0.2) is 41.9 Å². The van der Waals surface area contributed by atoms with E-state index in [4.69, 9.17) is 4.74 Å². The minimum absolute atomic E-state index is 0.0855. The second-order valence-corrected chi connectivity index (χ2v) is 7.38. The highest BCUT2D eigenvalue weighted by Crippen LogP contribution is 2.28. The molecule has 27 heavy (non-hydrogen) atoms. The Labute approximate surface area is 160 Å². The molecule has 3 rings (SSSR count). The second-order valence-electron chi connectivity index (χ2n) is 7.38. The summed E-state index contributed by atoms with van der Waals surface area (Å²) < 4.78 is 4.99. The average Bonchev–Trinajstić information content (AvgIpc) is 2.87. The van der Waals surface area contributed by atoms with Crippen molar-refractivity contribution in [2.24, 2.45) is 5.92 Å². The Morgan fingerprint density at radius 3 is 2.63 bits per heavy atom. The van der Waals surface area contributed by atoms with Gasteiger partial charge in [-0.15, -0.1) is 0 Å². The van der Waals surface area contributed by atoms with E-state index in [-0.39, 0.29) is 30.2 Å². The lowest BCUT2D eigenvalue weighted by Gasteiger charge is -2.27. The molecule has 0 bridgehead atoms. The van der Waals surface area contributed by atoms with Gasteiger partial charge in [0.25, 0.3) is 0 Å². The highest BCUT2D eigenvalue weighted by Gasteiger charge is 2.37. The van der Waals surface area contributed by atoms with Crippen molar-refractivity contribution in [2.75, 3.05) is 18.5 Å². The summed E-state index contributed by atoms with van der Waals surface area (Å²) in [5, 5.41) is 2.85. The fraction of sp³-hybridized carbons (Fsp3) is 0.571. The molecule has 0 aromatic heterocycles. The van der Waals surface area contributed by atoms with E-state index in [0.717, 1.165) is 25.7 Å². The van der Waals surface area contributed by atoms with Crippen molar-refractivity contribution in [3.05, 3.63) is 29.8 Å². The van der Waals surface area contributed by atoms with Crippen LogP contribution in [0.5, 0.6) is 0 Å². The third kappa shape index (κ3) is 4.87. The minimum Gasteiger partial charge on any atom is -0.462 e. The van der Waals surface area contributed by atoms with Crippen molar-refractivity contribution in [3.63, 3.8) is 0 Å². The van der Waals surface area contributed by atoms with Gasteiger partial charge in [0.15, 0.2) is 0 Å². The topological polar surface area (TPSA) is 75.7 Å². The van der Waals surface area contributed by atoms with Crippen LogP contribution in [0, 0.1) is 5.92 Å². The van der Waals surface area contributed by atoms with Gasteiger partial charge < -0.3 is 15.0 Å². The number of benzene rings is 1. The third-order valence-corrected chi connectivity index (χ3v) is 5.44. The van der Waals surface area contributed by atoms with Crippen molar-refractivity contribution in [2.45, 2.75) is 57.9 Å². The first-order valence-corrected chi connectivity index (χ1v) is 9.96. The van der Waals surface area contributed by atoms with Gasteiger partial charge in [-0.25, -0.2) is 4.79 Å². The van der Waals surface area contributed by atoms with E-state index in [0.29, 0.717) is 24.4 Å². The molecule has 1 aliphatic carbocycles. The summed E-state index contributed by atoms with van der Waals surface area (Å²) in [6.45, 7) is 2.55. The number of amides is 2. The smallest absolute Gasteiger partial charge is 0.338 e. The molecular formula is C21H28N2O4. The summed E-state index contributed by atoms with van der Waals surface area (Å²) in [6.07, 6.45) is 7.14. The molecule has 2 fully saturated rings. The average molecular weight is 372 g/mol. The number of carbonyl (C=O) groups excluding carboxylic acids is 3. The SMILES string of the molecule is CCOC(=O)c1cccc(NC(=O)[C@H]2CC(=O)N(C3CCCCCC3)C2)c1. The highest BCUT2D eigenvalue weighted by molar-refractivity contribution is 5.98. The molecule has 1 aromatic carbocycles. The van der Waals surface area contributed by atoms with Gasteiger partial charge >= 0.3 is 5.97 Å². The maximum atomic E-state index is 12.7. The zero-order valence-electron chi connectivity index (χ0n) is 15.9. The van der Waals surface area contributed by atoms with E-state index in [1.807, 2.05) is 4.90 Å². The molecule has 6 heteroatoms. The molecular weight excluding hydrogens is 344 g/mol. The van der Waals surface area contributed by atoms with E-state index < -0.39 is 5.97 Å². The number of nitrogens with one attached hydrogen (secondary N) is 1. The Balaban J connectivity index is 1.61. The molecule has 1 heterocycles. The predicted octanol–water partition coefficient (Wildman–Crippen LogP) is 3.37. The molecule has 6 nitrogen and oxygen atoms in total. The number of likely N-dealkylation sites (tertiary alicyclic amines) is 1. The molecule has 1 saturated carbocycles. The first-order chi connectivity index (χ1) is 13.1. The number of anilines is 1. The lowest BCUT2D eigenvalue weighted by atomic mass is 10.1. The quantitative estimate of drug-likeness (QED) is 0.635. The van der Waals surface area contributed by atoms with Crippen LogP contribution in [0.4, 0.5) is 5.69 Å². The van der Waals surface area contributed by atoms with Crippen molar-refractivity contribution in [3.8, 4) is 0 Å². The van der Waals surface area contributed by atoms with Crippen LogP contribution in [0.25, 0.3) is 0 Å². The minimum atomic E-state index is -0.413. The number of esters is 1. The summed E-state index contributed by atoms with van der Waals surface area (Å²) in [7, 11) is 0. The maximum Gasteiger partial charge on any atom is 0.338 e. The fourth-order valence-electron chi connectivity index (χ4n) is 4.01. The number of hydrogen-bond acceptors (Lipinski definition) is 4. The van der Waals surface area contributed by atoms with Crippen LogP contribution in [0.2, 0.25) is 0 Å². The normalized spacial score (nSPS) is 21.0. The van der Waals surface area contributed by atoms with Gasteiger partial charge in [0, 0.05) is 24.7 Å². The van der Waals surface area contributed by atoms with Gasteiger partial charge in [-0.2, -0.15) is 0 Å². The van der Waals surface area contributed by atoms with Crippen molar-refractivity contribution < 1.29 is 19.1 Å². The Morgan fingerprint density at radius 1 is 1.19 bits per heavy atom. The molecule has 1 saturated heterocycles. The van der Waals surface area contributed by atoms with E-state index in [1.54, 1.807) is 31.2 Å². The van der Waals surface area contributed by atoms with Crippen LogP contribution in [0.15, 0.2) is 24.3 Å². The first-order valence-electron chi connectivity index (χ1n) is 9.96. The van der Waals surface area contributed by atoms with Crippen LogP contribution in [-0.2, 0) is 14.3 Å². The van der Waals surface area contributed by atoms with Gasteiger partial charge in [0.1, 0.15) is 0 Å². The molecule has 1 aromatic rings. The zero-order valence-corrected chi connectivity index (χ0v) is 15.9. The number of carbonyl (C=O) groups is 3. The Kier molecular flexibility index (Phi) is 6.48. The van der Waals surface area contributed by atoms with Crippen molar-refractivity contribution in [1.29, 1.82) is 0 Å². The molecule has 2 aliphatic rings. The monoisotopic (exact) mass is 372 g/mol. The summed E-state index contributed by atoms with van der Waals surface area (Å²) in [5.74, 6) is -0.834. The van der Waals surface area contributed by atoms with E-state index >= 15 is 0 Å². The molecule has 1 N–H and O–H groups in total. The Morgan fingerprint density at radius 2 is 1.93 bits per heavy atom. The summed E-state index contributed by atoms with van der Waals surface area (Å²) >= 11 is 0. The van der Waals surface area contributed by atoms with Gasteiger partial charge in [-0.1, -0.05) is 31.7 Å². The predicted molar refractivity (Wildman–Crippen MR) is 102 cm³/mol. The molecule has 1 aliphatic heterocycles. The molecule has 1 atom stereocenters. The first kappa shape index (κ1) is 19.4. The second kappa shape index (κ2) is 9.02. The summed E-state index contributed by atoms with van der Waals surface area (Å²) in [5.41, 5.74) is 0.947. The third-order valence-electron chi connectivity index (χ3n) is 5.44. The largest absolute Gasteiger partial charge is 0.462 e. The lowest BCUT2D eigenvalue weighted by Crippen LogP contribution is -2.37. The van der Waals surface area contributed by atoms with E-state index in [2.05, 4.69) is 5.32 Å². The molecule has 0 spiro atoms. The molecule has 146 valence electrons. The van der Waals surface area contributed by atoms with Crippen LogP contribution >= 0.6 is 0 Å². The summed E-state index contributed by atoms with van der Waals surface area (Å²) in [6, 6.07) is 6.99. The van der Waals surface area contributed by atoms with Crippen LogP contribution in [0.1, 0.15) is 62.2 Å². The van der Waals surface area contributed by atoms with Gasteiger partial charge in [0.2, 0.25) is 11.8 Å². The molecule has 0 unspecified atom stereocenters. The number of ether oxygens (including phenoxy) is 1. The van der Waals surface area contributed by atoms with E-state index in [1.165, 1.54) is 12.8 Å². The number of hydrogen-bond donors (Lipinski definition) is 1. The Bertz CT molecular complexity index is 695. The highest BCUT2D eigenvalue weighted by atomic mass is 16.5. The van der Waals surface area contributed by atoms with Gasteiger partial charge in [-0.05, 0) is 38.0 Å². The van der Waals surface area contributed by atoms with Gasteiger partial charge in [0.05, 0.1) is 18.1 Å². The molecule has 2 amide bonds.